The third-order valence-corrected chi connectivity index (χ3v) is 4.17. The molecular formula is C13H11F3N2O2S. The molecule has 4 nitrogen and oxygen atoms in total. The van der Waals surface area contributed by atoms with E-state index in [1.807, 2.05) is 0 Å². The molecule has 0 spiro atoms. The van der Waals surface area contributed by atoms with E-state index in [1.54, 1.807) is 4.72 Å². The third kappa shape index (κ3) is 3.17. The summed E-state index contributed by atoms with van der Waals surface area (Å²) >= 11 is 0. The Kier molecular flexibility index (Phi) is 4.19. The van der Waals surface area contributed by atoms with E-state index < -0.39 is 38.1 Å². The maximum atomic E-state index is 13.5. The summed E-state index contributed by atoms with van der Waals surface area (Å²) in [5, 5.41) is 0. The molecule has 0 heterocycles. The number of nitrogens with one attached hydrogen (secondary N) is 1. The molecule has 112 valence electrons. The second kappa shape index (κ2) is 5.74. The highest BCUT2D eigenvalue weighted by molar-refractivity contribution is 7.92. The van der Waals surface area contributed by atoms with Crippen molar-refractivity contribution in [3.63, 3.8) is 0 Å². The summed E-state index contributed by atoms with van der Waals surface area (Å²) in [6.45, 7) is -0.170. The van der Waals surface area contributed by atoms with Crippen molar-refractivity contribution in [3.8, 4) is 0 Å². The second-order valence-electron chi connectivity index (χ2n) is 4.16. The molecule has 0 atom stereocenters. The minimum atomic E-state index is -4.37. The zero-order chi connectivity index (χ0) is 15.6. The normalized spacial score (nSPS) is 11.4. The molecule has 2 aromatic carbocycles. The molecule has 0 aliphatic carbocycles. The van der Waals surface area contributed by atoms with E-state index >= 15 is 0 Å². The molecular weight excluding hydrogens is 305 g/mol. The molecule has 0 aliphatic rings. The van der Waals surface area contributed by atoms with Gasteiger partial charge in [0.05, 0.1) is 4.90 Å². The fourth-order valence-corrected chi connectivity index (χ4v) is 3.07. The lowest BCUT2D eigenvalue weighted by atomic mass is 10.2. The van der Waals surface area contributed by atoms with Crippen LogP contribution in [0.5, 0.6) is 0 Å². The minimum absolute atomic E-state index is 0.126. The van der Waals surface area contributed by atoms with Gasteiger partial charge >= 0.3 is 0 Å². The SMILES string of the molecule is NCc1ccc(F)cc1S(=O)(=O)Nc1c(F)cccc1F. The van der Waals surface area contributed by atoms with Crippen LogP contribution in [0.4, 0.5) is 18.9 Å². The Morgan fingerprint density at radius 1 is 1.05 bits per heavy atom. The molecule has 8 heteroatoms. The maximum absolute atomic E-state index is 13.5. The molecule has 2 rings (SSSR count). The summed E-state index contributed by atoms with van der Waals surface area (Å²) in [5.74, 6) is -2.96. The highest BCUT2D eigenvalue weighted by Crippen LogP contribution is 2.24. The van der Waals surface area contributed by atoms with Crippen molar-refractivity contribution in [2.45, 2.75) is 11.4 Å². The highest BCUT2D eigenvalue weighted by atomic mass is 32.2. The Labute approximate surface area is 119 Å². The van der Waals surface area contributed by atoms with Crippen LogP contribution in [0.3, 0.4) is 0 Å². The standard InChI is InChI=1S/C13H11F3N2O2S/c14-9-5-4-8(7-17)12(6-9)21(19,20)18-13-10(15)2-1-3-11(13)16/h1-6,18H,7,17H2. The van der Waals surface area contributed by atoms with Crippen molar-refractivity contribution in [2.24, 2.45) is 5.73 Å². The van der Waals surface area contributed by atoms with E-state index in [-0.39, 0.29) is 12.1 Å². The summed E-state index contributed by atoms with van der Waals surface area (Å²) < 4.78 is 66.3. The molecule has 0 amide bonds. The third-order valence-electron chi connectivity index (χ3n) is 2.74. The van der Waals surface area contributed by atoms with Gasteiger partial charge in [0.25, 0.3) is 10.0 Å². The minimum Gasteiger partial charge on any atom is -0.326 e. The average Bonchev–Trinajstić information content (AvgIpc) is 2.43. The van der Waals surface area contributed by atoms with Gasteiger partial charge in [0.1, 0.15) is 23.1 Å². The van der Waals surface area contributed by atoms with Gasteiger partial charge in [0, 0.05) is 6.54 Å². The summed E-state index contributed by atoms with van der Waals surface area (Å²) in [6.07, 6.45) is 0. The van der Waals surface area contributed by atoms with Gasteiger partial charge in [-0.25, -0.2) is 21.6 Å². The molecule has 0 saturated heterocycles. The first-order valence-corrected chi connectivity index (χ1v) is 7.29. The van der Waals surface area contributed by atoms with Crippen molar-refractivity contribution in [1.29, 1.82) is 0 Å². The van der Waals surface area contributed by atoms with Crippen LogP contribution < -0.4 is 10.5 Å². The van der Waals surface area contributed by atoms with Crippen LogP contribution in [-0.4, -0.2) is 8.42 Å². The van der Waals surface area contributed by atoms with Crippen LogP contribution >= 0.6 is 0 Å². The molecule has 2 aromatic rings. The van der Waals surface area contributed by atoms with Gasteiger partial charge in [0.2, 0.25) is 0 Å². The topological polar surface area (TPSA) is 72.2 Å². The van der Waals surface area contributed by atoms with E-state index in [1.165, 1.54) is 6.07 Å². The summed E-state index contributed by atoms with van der Waals surface area (Å²) in [6, 6.07) is 5.87. The highest BCUT2D eigenvalue weighted by Gasteiger charge is 2.22. The van der Waals surface area contributed by atoms with Crippen molar-refractivity contribution >= 4 is 15.7 Å². The van der Waals surface area contributed by atoms with E-state index in [2.05, 4.69) is 0 Å². The predicted octanol–water partition coefficient (Wildman–Crippen LogP) is 2.36. The molecule has 3 N–H and O–H groups in total. The molecule has 0 aromatic heterocycles. The van der Waals surface area contributed by atoms with E-state index in [0.29, 0.717) is 0 Å². The van der Waals surface area contributed by atoms with Gasteiger partial charge in [-0.1, -0.05) is 12.1 Å². The Balaban J connectivity index is 2.51. The molecule has 0 fully saturated rings. The maximum Gasteiger partial charge on any atom is 0.262 e. The van der Waals surface area contributed by atoms with Crippen LogP contribution in [0.15, 0.2) is 41.3 Å². The zero-order valence-electron chi connectivity index (χ0n) is 10.6. The van der Waals surface area contributed by atoms with Crippen molar-refractivity contribution in [1.82, 2.24) is 0 Å². The Hall–Kier alpha value is -2.06. The van der Waals surface area contributed by atoms with Crippen molar-refractivity contribution in [3.05, 3.63) is 59.4 Å². The van der Waals surface area contributed by atoms with Crippen LogP contribution in [-0.2, 0) is 16.6 Å². The van der Waals surface area contributed by atoms with Gasteiger partial charge in [-0.2, -0.15) is 0 Å². The lowest BCUT2D eigenvalue weighted by Crippen LogP contribution is -2.18. The van der Waals surface area contributed by atoms with Crippen molar-refractivity contribution < 1.29 is 21.6 Å². The number of hydrogen-bond acceptors (Lipinski definition) is 3. The predicted molar refractivity (Wildman–Crippen MR) is 71.5 cm³/mol. The van der Waals surface area contributed by atoms with E-state index in [4.69, 9.17) is 5.73 Å². The smallest absolute Gasteiger partial charge is 0.262 e. The van der Waals surface area contributed by atoms with Crippen LogP contribution in [0, 0.1) is 17.5 Å². The van der Waals surface area contributed by atoms with Gasteiger partial charge < -0.3 is 5.73 Å². The lowest BCUT2D eigenvalue weighted by molar-refractivity contribution is 0.580. The van der Waals surface area contributed by atoms with Crippen LogP contribution in [0.2, 0.25) is 0 Å². The van der Waals surface area contributed by atoms with Gasteiger partial charge in [-0.15, -0.1) is 0 Å². The largest absolute Gasteiger partial charge is 0.326 e. The molecule has 0 aliphatic heterocycles. The number of halogens is 3. The lowest BCUT2D eigenvalue weighted by Gasteiger charge is -2.12. The van der Waals surface area contributed by atoms with Gasteiger partial charge in [0.15, 0.2) is 0 Å². The molecule has 21 heavy (non-hydrogen) atoms. The van der Waals surface area contributed by atoms with Gasteiger partial charge in [-0.3, -0.25) is 4.72 Å². The first kappa shape index (κ1) is 15.3. The van der Waals surface area contributed by atoms with Crippen LogP contribution in [0.25, 0.3) is 0 Å². The molecule has 0 radical (unpaired) electrons. The first-order chi connectivity index (χ1) is 9.85. The Bertz CT molecular complexity index is 759. The van der Waals surface area contributed by atoms with Crippen LogP contribution in [0.1, 0.15) is 5.56 Å². The summed E-state index contributed by atoms with van der Waals surface area (Å²) in [4.78, 5) is -0.465. The number of rotatable bonds is 4. The van der Waals surface area contributed by atoms with E-state index in [0.717, 1.165) is 30.3 Å². The Morgan fingerprint density at radius 2 is 1.67 bits per heavy atom. The fourth-order valence-electron chi connectivity index (χ4n) is 1.73. The number of para-hydroxylation sites is 1. The summed E-state index contributed by atoms with van der Waals surface area (Å²) in [7, 11) is -4.37. The number of benzene rings is 2. The number of hydrogen-bond donors (Lipinski definition) is 2. The number of sulfonamides is 1. The molecule has 0 unspecified atom stereocenters. The monoisotopic (exact) mass is 316 g/mol. The Morgan fingerprint density at radius 3 is 2.24 bits per heavy atom. The fraction of sp³-hybridized carbons (Fsp3) is 0.0769. The van der Waals surface area contributed by atoms with Crippen molar-refractivity contribution in [2.75, 3.05) is 4.72 Å². The zero-order valence-corrected chi connectivity index (χ0v) is 11.4. The number of anilines is 1. The average molecular weight is 316 g/mol. The second-order valence-corrected chi connectivity index (χ2v) is 5.81. The molecule has 0 bridgehead atoms. The molecule has 0 saturated carbocycles. The quantitative estimate of drug-likeness (QED) is 0.909. The first-order valence-electron chi connectivity index (χ1n) is 5.80. The number of nitrogens with two attached hydrogens (primary N) is 1. The summed E-state index contributed by atoms with van der Waals surface area (Å²) in [5.41, 5.74) is 4.68. The van der Waals surface area contributed by atoms with Gasteiger partial charge in [-0.05, 0) is 29.8 Å². The van der Waals surface area contributed by atoms with E-state index in [9.17, 15) is 21.6 Å².